The first kappa shape index (κ1) is 19.5. The number of amides is 2. The Morgan fingerprint density at radius 3 is 2.25 bits per heavy atom. The molecule has 0 unspecified atom stereocenters. The van der Waals surface area contributed by atoms with Gasteiger partial charge in [-0.25, -0.2) is 9.37 Å². The normalized spacial score (nSPS) is 10.4. The van der Waals surface area contributed by atoms with E-state index in [1.807, 2.05) is 32.0 Å². The van der Waals surface area contributed by atoms with Crippen LogP contribution in [0.25, 0.3) is 0 Å². The van der Waals surface area contributed by atoms with E-state index >= 15 is 0 Å². The van der Waals surface area contributed by atoms with Gasteiger partial charge in [0.1, 0.15) is 17.2 Å². The molecule has 1 heterocycles. The van der Waals surface area contributed by atoms with Gasteiger partial charge in [-0.3, -0.25) is 9.59 Å². The molecule has 0 saturated heterocycles. The van der Waals surface area contributed by atoms with Gasteiger partial charge in [-0.05, 0) is 55.8 Å². The van der Waals surface area contributed by atoms with E-state index in [9.17, 15) is 14.0 Å². The smallest absolute Gasteiger partial charge is 0.274 e. The van der Waals surface area contributed by atoms with E-state index in [4.69, 9.17) is 11.6 Å². The molecule has 2 amide bonds. The van der Waals surface area contributed by atoms with Crippen molar-refractivity contribution in [2.24, 2.45) is 0 Å². The largest absolute Gasteiger partial charge is 0.321 e. The molecule has 0 spiro atoms. The maximum absolute atomic E-state index is 13.2. The number of aromatic nitrogens is 1. The zero-order valence-electron chi connectivity index (χ0n) is 15.2. The number of nitrogens with one attached hydrogen (secondary N) is 2. The molecule has 0 aliphatic carbocycles. The highest BCUT2D eigenvalue weighted by atomic mass is 35.5. The molecule has 2 N–H and O–H groups in total. The van der Waals surface area contributed by atoms with Crippen molar-refractivity contribution in [3.63, 3.8) is 0 Å². The number of rotatable bonds is 4. The second-order valence-corrected chi connectivity index (χ2v) is 6.67. The van der Waals surface area contributed by atoms with Crippen LogP contribution in [0.1, 0.15) is 32.1 Å². The Labute approximate surface area is 166 Å². The van der Waals surface area contributed by atoms with Crippen LogP contribution in [0.15, 0.2) is 54.6 Å². The summed E-state index contributed by atoms with van der Waals surface area (Å²) in [5.74, 6) is -1.54. The second-order valence-electron chi connectivity index (χ2n) is 6.26. The summed E-state index contributed by atoms with van der Waals surface area (Å²) in [4.78, 5) is 29.0. The first-order valence-corrected chi connectivity index (χ1v) is 8.83. The number of carbonyl (C=O) groups is 2. The van der Waals surface area contributed by atoms with Gasteiger partial charge < -0.3 is 10.6 Å². The third-order valence-corrected chi connectivity index (χ3v) is 4.31. The SMILES string of the molecule is Cc1ccc(NC(=O)c2cccc(C(=O)Nc3ccc(F)c(Cl)c3)n2)c(C)c1. The third kappa shape index (κ3) is 4.53. The number of aryl methyl sites for hydroxylation is 2. The van der Waals surface area contributed by atoms with Gasteiger partial charge >= 0.3 is 0 Å². The van der Waals surface area contributed by atoms with Crippen LogP contribution in [-0.4, -0.2) is 16.8 Å². The van der Waals surface area contributed by atoms with E-state index in [0.29, 0.717) is 11.4 Å². The standard InChI is InChI=1S/C21H17ClFN3O2/c1-12-6-9-17(13(2)10-12)26-21(28)19-5-3-4-18(25-19)20(27)24-14-7-8-16(23)15(22)11-14/h3-11H,1-2H3,(H,24,27)(H,26,28). The van der Waals surface area contributed by atoms with Crippen molar-refractivity contribution in [2.45, 2.75) is 13.8 Å². The summed E-state index contributed by atoms with van der Waals surface area (Å²) in [7, 11) is 0. The van der Waals surface area contributed by atoms with Crippen molar-refractivity contribution in [3.05, 3.63) is 88.0 Å². The first-order valence-electron chi connectivity index (χ1n) is 8.45. The Bertz CT molecular complexity index is 1070. The van der Waals surface area contributed by atoms with Crippen molar-refractivity contribution < 1.29 is 14.0 Å². The van der Waals surface area contributed by atoms with Crippen LogP contribution < -0.4 is 10.6 Å². The summed E-state index contributed by atoms with van der Waals surface area (Å²) in [5, 5.41) is 5.26. The third-order valence-electron chi connectivity index (χ3n) is 4.02. The average Bonchev–Trinajstić information content (AvgIpc) is 2.67. The average molecular weight is 398 g/mol. The van der Waals surface area contributed by atoms with E-state index in [-0.39, 0.29) is 16.4 Å². The molecule has 142 valence electrons. The lowest BCUT2D eigenvalue weighted by Gasteiger charge is -2.10. The maximum atomic E-state index is 13.2. The zero-order valence-corrected chi connectivity index (χ0v) is 16.0. The highest BCUT2D eigenvalue weighted by molar-refractivity contribution is 6.31. The predicted molar refractivity (Wildman–Crippen MR) is 107 cm³/mol. The minimum absolute atomic E-state index is 0.0497. The van der Waals surface area contributed by atoms with Gasteiger partial charge in [0.25, 0.3) is 11.8 Å². The van der Waals surface area contributed by atoms with Crippen LogP contribution in [0.5, 0.6) is 0 Å². The Morgan fingerprint density at radius 1 is 0.929 bits per heavy atom. The van der Waals surface area contributed by atoms with Gasteiger partial charge in [0.2, 0.25) is 0 Å². The Hall–Kier alpha value is -3.25. The number of benzene rings is 2. The Balaban J connectivity index is 1.76. The van der Waals surface area contributed by atoms with Crippen LogP contribution in [0.2, 0.25) is 5.02 Å². The molecule has 0 saturated carbocycles. The zero-order chi connectivity index (χ0) is 20.3. The number of pyridine rings is 1. The highest BCUT2D eigenvalue weighted by Gasteiger charge is 2.14. The maximum Gasteiger partial charge on any atom is 0.274 e. The van der Waals surface area contributed by atoms with Crippen molar-refractivity contribution in [2.75, 3.05) is 10.6 Å². The molecule has 1 aromatic heterocycles. The van der Waals surface area contributed by atoms with Crippen molar-refractivity contribution in [1.29, 1.82) is 0 Å². The molecule has 0 fully saturated rings. The molecule has 0 atom stereocenters. The van der Waals surface area contributed by atoms with Crippen LogP contribution in [0.4, 0.5) is 15.8 Å². The summed E-state index contributed by atoms with van der Waals surface area (Å²) in [5.41, 5.74) is 3.17. The number of carbonyl (C=O) groups excluding carboxylic acids is 2. The lowest BCUT2D eigenvalue weighted by Crippen LogP contribution is -2.18. The molecule has 3 aromatic rings. The topological polar surface area (TPSA) is 71.1 Å². The summed E-state index contributed by atoms with van der Waals surface area (Å²) in [6.45, 7) is 3.87. The number of nitrogens with zero attached hydrogens (tertiary/aromatic N) is 1. The molecule has 0 aliphatic rings. The summed E-state index contributed by atoms with van der Waals surface area (Å²) < 4.78 is 13.2. The number of halogens is 2. The quantitative estimate of drug-likeness (QED) is 0.651. The van der Waals surface area contributed by atoms with Gasteiger partial charge in [0.15, 0.2) is 0 Å². The van der Waals surface area contributed by atoms with E-state index in [0.717, 1.165) is 17.2 Å². The molecule has 5 nitrogen and oxygen atoms in total. The van der Waals surface area contributed by atoms with Crippen LogP contribution in [-0.2, 0) is 0 Å². The number of hydrogen-bond acceptors (Lipinski definition) is 3. The monoisotopic (exact) mass is 397 g/mol. The number of hydrogen-bond donors (Lipinski definition) is 2. The second kappa shape index (κ2) is 8.19. The fraction of sp³-hybridized carbons (Fsp3) is 0.0952. The van der Waals surface area contributed by atoms with Gasteiger partial charge in [-0.2, -0.15) is 0 Å². The lowest BCUT2D eigenvalue weighted by atomic mass is 10.1. The lowest BCUT2D eigenvalue weighted by molar-refractivity contribution is 0.101. The molecule has 0 aliphatic heterocycles. The molecule has 7 heteroatoms. The summed E-state index contributed by atoms with van der Waals surface area (Å²) in [6, 6.07) is 14.1. The molecule has 2 aromatic carbocycles. The van der Waals surface area contributed by atoms with Crippen molar-refractivity contribution in [3.8, 4) is 0 Å². The van der Waals surface area contributed by atoms with E-state index in [1.54, 1.807) is 6.07 Å². The Morgan fingerprint density at radius 2 is 1.61 bits per heavy atom. The molecule has 0 radical (unpaired) electrons. The van der Waals surface area contributed by atoms with Crippen molar-refractivity contribution >= 4 is 34.8 Å². The fourth-order valence-electron chi connectivity index (χ4n) is 2.60. The molecular formula is C21H17ClFN3O2. The van der Waals surface area contributed by atoms with Gasteiger partial charge in [-0.1, -0.05) is 35.4 Å². The van der Waals surface area contributed by atoms with Crippen LogP contribution in [0, 0.1) is 19.7 Å². The molecular weight excluding hydrogens is 381 g/mol. The minimum atomic E-state index is -0.581. The van der Waals surface area contributed by atoms with Crippen molar-refractivity contribution in [1.82, 2.24) is 4.98 Å². The summed E-state index contributed by atoms with van der Waals surface area (Å²) in [6.07, 6.45) is 0. The Kier molecular flexibility index (Phi) is 5.70. The number of anilines is 2. The van der Waals surface area contributed by atoms with E-state index in [2.05, 4.69) is 15.6 Å². The molecule has 0 bridgehead atoms. The summed E-state index contributed by atoms with van der Waals surface area (Å²) >= 11 is 5.71. The predicted octanol–water partition coefficient (Wildman–Crippen LogP) is 5.00. The fourth-order valence-corrected chi connectivity index (χ4v) is 2.78. The highest BCUT2D eigenvalue weighted by Crippen LogP contribution is 2.20. The van der Waals surface area contributed by atoms with E-state index < -0.39 is 17.6 Å². The first-order chi connectivity index (χ1) is 13.3. The molecule has 3 rings (SSSR count). The molecule has 28 heavy (non-hydrogen) atoms. The minimum Gasteiger partial charge on any atom is -0.321 e. The van der Waals surface area contributed by atoms with Crippen LogP contribution >= 0.6 is 11.6 Å². The van der Waals surface area contributed by atoms with E-state index in [1.165, 1.54) is 24.3 Å². The van der Waals surface area contributed by atoms with Gasteiger partial charge in [0, 0.05) is 11.4 Å². The van der Waals surface area contributed by atoms with Gasteiger partial charge in [-0.15, -0.1) is 0 Å². The van der Waals surface area contributed by atoms with Gasteiger partial charge in [0.05, 0.1) is 5.02 Å². The van der Waals surface area contributed by atoms with Crippen LogP contribution in [0.3, 0.4) is 0 Å².